The van der Waals surface area contributed by atoms with Crippen LogP contribution in [0.4, 0.5) is 9.59 Å². The molecular weight excluding hydrogens is 641 g/mol. The van der Waals surface area contributed by atoms with Crippen molar-refractivity contribution in [1.29, 1.82) is 0 Å². The van der Waals surface area contributed by atoms with Gasteiger partial charge in [0, 0.05) is 50.8 Å². The molecule has 2 N–H and O–H groups in total. The Morgan fingerprint density at radius 3 is 2.14 bits per heavy atom. The summed E-state index contributed by atoms with van der Waals surface area (Å²) in [6.45, 7) is 8.33. The lowest BCUT2D eigenvalue weighted by molar-refractivity contribution is -0.125. The third-order valence-corrected chi connectivity index (χ3v) is 10.6. The molecule has 12 heteroatoms. The lowest BCUT2D eigenvalue weighted by Gasteiger charge is -2.33. The zero-order valence-corrected chi connectivity index (χ0v) is 29.9. The first kappa shape index (κ1) is 36.7. The highest BCUT2D eigenvalue weighted by Crippen LogP contribution is 2.26. The van der Waals surface area contributed by atoms with Gasteiger partial charge in [-0.2, -0.15) is 0 Å². The van der Waals surface area contributed by atoms with Crippen molar-refractivity contribution in [2.24, 2.45) is 4.99 Å². The van der Waals surface area contributed by atoms with Crippen LogP contribution in [0.2, 0.25) is 0 Å². The van der Waals surface area contributed by atoms with Gasteiger partial charge in [0.15, 0.2) is 0 Å². The third kappa shape index (κ3) is 10.9. The first-order chi connectivity index (χ1) is 23.8. The minimum absolute atomic E-state index is 0.00969. The number of hydrogen-bond acceptors (Lipinski definition) is 8. The van der Waals surface area contributed by atoms with Crippen LogP contribution in [-0.4, -0.2) is 127 Å². The van der Waals surface area contributed by atoms with Gasteiger partial charge >= 0.3 is 12.1 Å². The standard InChI is InChI=1S/C37H52N6O5S/c1-27(2)41(3)37(46)43-24-32(42-16-18-47-19-17-42)22-34(43)35(44)39-30(20-28-10-6-4-7-11-28)14-15-31(21-29-12-8-5-9-13-29)40-36(45)48-25-33-23-38-26-49-33/h4-13,26-27,30-34H,14-25H2,1-3H3,(H,39,44)(H,40,45)/t30-,31-,32+,33?,34+/m1/s1. The van der Waals surface area contributed by atoms with Gasteiger partial charge in [-0.1, -0.05) is 60.7 Å². The van der Waals surface area contributed by atoms with Crippen molar-refractivity contribution in [2.45, 2.75) is 81.4 Å². The summed E-state index contributed by atoms with van der Waals surface area (Å²) in [5.41, 5.74) is 4.03. The molecule has 2 saturated heterocycles. The number of morpholine rings is 1. The number of nitrogens with zero attached hydrogens (tertiary/aromatic N) is 4. The molecule has 0 bridgehead atoms. The van der Waals surface area contributed by atoms with Gasteiger partial charge in [0.2, 0.25) is 5.91 Å². The lowest BCUT2D eigenvalue weighted by Crippen LogP contribution is -2.53. The van der Waals surface area contributed by atoms with Crippen molar-refractivity contribution in [3.8, 4) is 0 Å². The van der Waals surface area contributed by atoms with Gasteiger partial charge < -0.3 is 29.9 Å². The Labute approximate surface area is 295 Å². The van der Waals surface area contributed by atoms with E-state index in [1.54, 1.807) is 34.2 Å². The first-order valence-corrected chi connectivity index (χ1v) is 18.5. The summed E-state index contributed by atoms with van der Waals surface area (Å²) in [6.07, 6.45) is 2.66. The fourth-order valence-corrected chi connectivity index (χ4v) is 7.32. The zero-order chi connectivity index (χ0) is 34.6. The fourth-order valence-electron chi connectivity index (χ4n) is 6.65. The highest BCUT2D eigenvalue weighted by molar-refractivity contribution is 8.12. The summed E-state index contributed by atoms with van der Waals surface area (Å²) in [5.74, 6) is -0.134. The van der Waals surface area contributed by atoms with Crippen LogP contribution in [0.5, 0.6) is 0 Å². The van der Waals surface area contributed by atoms with Crippen LogP contribution in [0.3, 0.4) is 0 Å². The molecule has 0 saturated carbocycles. The van der Waals surface area contributed by atoms with Crippen LogP contribution >= 0.6 is 11.8 Å². The Morgan fingerprint density at radius 2 is 1.57 bits per heavy atom. The van der Waals surface area contributed by atoms with E-state index in [1.165, 1.54) is 0 Å². The molecule has 5 atom stereocenters. The van der Waals surface area contributed by atoms with Gasteiger partial charge in [0.05, 0.1) is 30.6 Å². The van der Waals surface area contributed by atoms with Crippen molar-refractivity contribution < 1.29 is 23.9 Å². The van der Waals surface area contributed by atoms with Gasteiger partial charge in [0.25, 0.3) is 0 Å². The molecule has 49 heavy (non-hydrogen) atoms. The Morgan fingerprint density at radius 1 is 0.959 bits per heavy atom. The van der Waals surface area contributed by atoms with Gasteiger partial charge in [-0.3, -0.25) is 14.7 Å². The monoisotopic (exact) mass is 692 g/mol. The summed E-state index contributed by atoms with van der Waals surface area (Å²) >= 11 is 1.58. The van der Waals surface area contributed by atoms with E-state index in [0.29, 0.717) is 65.0 Å². The van der Waals surface area contributed by atoms with Gasteiger partial charge in [0.1, 0.15) is 12.6 Å². The number of nitrogens with one attached hydrogen (secondary N) is 2. The molecule has 266 valence electrons. The van der Waals surface area contributed by atoms with Crippen molar-refractivity contribution in [2.75, 3.05) is 53.0 Å². The van der Waals surface area contributed by atoms with Crippen molar-refractivity contribution in [3.05, 3.63) is 71.8 Å². The number of likely N-dealkylation sites (tertiary alicyclic amines) is 1. The highest BCUT2D eigenvalue weighted by atomic mass is 32.2. The quantitative estimate of drug-likeness (QED) is 0.305. The second kappa shape index (κ2) is 18.4. The van der Waals surface area contributed by atoms with E-state index in [1.807, 2.05) is 50.2 Å². The molecule has 1 unspecified atom stereocenters. The Kier molecular flexibility index (Phi) is 13.8. The van der Waals surface area contributed by atoms with E-state index in [9.17, 15) is 14.4 Å². The second-order valence-electron chi connectivity index (χ2n) is 13.5. The maximum Gasteiger partial charge on any atom is 0.407 e. The molecular formula is C37H52N6O5S. The van der Waals surface area contributed by atoms with E-state index < -0.39 is 12.1 Å². The van der Waals surface area contributed by atoms with E-state index in [4.69, 9.17) is 9.47 Å². The van der Waals surface area contributed by atoms with Crippen molar-refractivity contribution >= 4 is 35.3 Å². The number of hydrogen-bond donors (Lipinski definition) is 2. The van der Waals surface area contributed by atoms with E-state index >= 15 is 0 Å². The van der Waals surface area contributed by atoms with Crippen LogP contribution in [-0.2, 0) is 27.1 Å². The Bertz CT molecular complexity index is 1370. The molecule has 2 fully saturated rings. The zero-order valence-electron chi connectivity index (χ0n) is 29.0. The molecule has 0 spiro atoms. The normalized spacial score (nSPS) is 22.1. The number of carbonyl (C=O) groups is 3. The molecule has 0 aromatic heterocycles. The summed E-state index contributed by atoms with van der Waals surface area (Å²) in [5, 5.41) is 6.62. The number of alkyl carbamates (subject to hydrolysis) is 1. The number of urea groups is 1. The van der Waals surface area contributed by atoms with Crippen LogP contribution in [0.15, 0.2) is 65.7 Å². The summed E-state index contributed by atoms with van der Waals surface area (Å²) in [7, 11) is 1.80. The summed E-state index contributed by atoms with van der Waals surface area (Å²) in [4.78, 5) is 50.9. The van der Waals surface area contributed by atoms with E-state index in [0.717, 1.165) is 24.2 Å². The maximum atomic E-state index is 14.2. The predicted molar refractivity (Wildman–Crippen MR) is 194 cm³/mol. The van der Waals surface area contributed by atoms with Crippen LogP contribution in [0.25, 0.3) is 0 Å². The van der Waals surface area contributed by atoms with Gasteiger partial charge in [-0.15, -0.1) is 11.8 Å². The molecule has 3 aliphatic heterocycles. The number of rotatable bonds is 14. The van der Waals surface area contributed by atoms with Crippen molar-refractivity contribution in [3.63, 3.8) is 0 Å². The number of thioether (sulfide) groups is 1. The molecule has 4 amide bonds. The van der Waals surface area contributed by atoms with Crippen LogP contribution < -0.4 is 10.6 Å². The third-order valence-electron chi connectivity index (χ3n) is 9.68. The second-order valence-corrected chi connectivity index (χ2v) is 14.7. The average molecular weight is 693 g/mol. The van der Waals surface area contributed by atoms with Gasteiger partial charge in [-0.25, -0.2) is 9.59 Å². The topological polar surface area (TPSA) is 116 Å². The maximum absolute atomic E-state index is 14.2. The minimum Gasteiger partial charge on any atom is -0.448 e. The number of benzene rings is 2. The summed E-state index contributed by atoms with van der Waals surface area (Å²) < 4.78 is 11.2. The minimum atomic E-state index is -0.578. The van der Waals surface area contributed by atoms with Crippen LogP contribution in [0, 0.1) is 0 Å². The predicted octanol–water partition coefficient (Wildman–Crippen LogP) is 4.21. The molecule has 0 aliphatic carbocycles. The largest absolute Gasteiger partial charge is 0.448 e. The number of amides is 4. The average Bonchev–Trinajstić information content (AvgIpc) is 3.81. The lowest BCUT2D eigenvalue weighted by atomic mass is 9.95. The number of ether oxygens (including phenoxy) is 2. The molecule has 5 rings (SSSR count). The molecule has 11 nitrogen and oxygen atoms in total. The highest BCUT2D eigenvalue weighted by Gasteiger charge is 2.43. The molecule has 3 aliphatic rings. The fraction of sp³-hybridized carbons (Fsp3) is 0.568. The van der Waals surface area contributed by atoms with E-state index in [2.05, 4.69) is 44.8 Å². The molecule has 2 aromatic rings. The Hall–Kier alpha value is -3.61. The number of aliphatic imine (C=N–C) groups is 1. The van der Waals surface area contributed by atoms with Crippen molar-refractivity contribution in [1.82, 2.24) is 25.3 Å². The molecule has 0 radical (unpaired) electrons. The Balaban J connectivity index is 1.29. The molecule has 2 aromatic carbocycles. The summed E-state index contributed by atoms with van der Waals surface area (Å²) in [6, 6.07) is 19.2. The van der Waals surface area contributed by atoms with Gasteiger partial charge in [-0.05, 0) is 57.1 Å². The smallest absolute Gasteiger partial charge is 0.407 e. The molecule has 3 heterocycles. The number of carbonyl (C=O) groups excluding carboxylic acids is 3. The SMILES string of the molecule is CC(C)N(C)C(=O)N1C[C@@H](N2CCOCC2)C[C@H]1C(=O)N[C@H](CC[C@H](Cc1ccccc1)NC(=O)OCC1CN=CS1)Cc1ccccc1. The van der Waals surface area contributed by atoms with E-state index in [-0.39, 0.29) is 41.4 Å². The first-order valence-electron chi connectivity index (χ1n) is 17.6. The van der Waals surface area contributed by atoms with Crippen LogP contribution in [0.1, 0.15) is 44.2 Å².